The van der Waals surface area contributed by atoms with Crippen LogP contribution in [-0.2, 0) is 0 Å². The van der Waals surface area contributed by atoms with Gasteiger partial charge in [-0.15, -0.1) is 0 Å². The first-order valence-corrected chi connectivity index (χ1v) is 8.70. The number of hydrogen-bond donors (Lipinski definition) is 0. The third kappa shape index (κ3) is 4.41. The number of nitrogens with zero attached hydrogens (tertiary/aromatic N) is 1. The first-order valence-electron chi connectivity index (χ1n) is 8.70. The summed E-state index contributed by atoms with van der Waals surface area (Å²) in [4.78, 5) is 4.62. The maximum absolute atomic E-state index is 4.62. The van der Waals surface area contributed by atoms with Crippen LogP contribution >= 0.6 is 0 Å². The summed E-state index contributed by atoms with van der Waals surface area (Å²) in [6.45, 7) is 12.5. The molecule has 0 N–H and O–H groups in total. The molecule has 122 valence electrons. The fourth-order valence-electron chi connectivity index (χ4n) is 2.55. The lowest BCUT2D eigenvalue weighted by Gasteiger charge is -2.13. The summed E-state index contributed by atoms with van der Waals surface area (Å²) < 4.78 is 0. The fourth-order valence-corrected chi connectivity index (χ4v) is 2.55. The van der Waals surface area contributed by atoms with Crippen LogP contribution in [0.2, 0.25) is 0 Å². The topological polar surface area (TPSA) is 12.9 Å². The Balaban J connectivity index is 0.000000615. The van der Waals surface area contributed by atoms with Crippen molar-refractivity contribution in [2.45, 2.75) is 47.5 Å². The average molecular weight is 307 g/mol. The molecule has 1 heterocycles. The van der Waals surface area contributed by atoms with Crippen LogP contribution in [0.15, 0.2) is 60.8 Å². The molecule has 3 rings (SSSR count). The number of benzene rings is 2. The number of hydrogen-bond acceptors (Lipinski definition) is 1. The number of pyridine rings is 1. The molecule has 0 amide bonds. The highest BCUT2D eigenvalue weighted by Crippen LogP contribution is 2.32. The second-order valence-electron chi connectivity index (χ2n) is 5.12. The second kappa shape index (κ2) is 9.78. The molecule has 0 radical (unpaired) electrons. The first kappa shape index (κ1) is 18.9. The summed E-state index contributed by atoms with van der Waals surface area (Å²) in [6.07, 6.45) is 1.90. The van der Waals surface area contributed by atoms with Crippen molar-refractivity contribution >= 4 is 10.8 Å². The molecule has 0 aliphatic heterocycles. The Kier molecular flexibility index (Phi) is 8.04. The highest BCUT2D eigenvalue weighted by Gasteiger charge is 2.11. The number of fused-ring (bicyclic) bond motifs is 1. The molecule has 23 heavy (non-hydrogen) atoms. The molecule has 0 spiro atoms. The van der Waals surface area contributed by atoms with Gasteiger partial charge in [0, 0.05) is 17.1 Å². The monoisotopic (exact) mass is 307 g/mol. The van der Waals surface area contributed by atoms with Crippen LogP contribution in [0.1, 0.15) is 53.0 Å². The predicted octanol–water partition coefficient (Wildman–Crippen LogP) is 7.08. The van der Waals surface area contributed by atoms with E-state index in [-0.39, 0.29) is 0 Å². The minimum atomic E-state index is 0.497. The van der Waals surface area contributed by atoms with Crippen molar-refractivity contribution in [2.75, 3.05) is 0 Å². The maximum Gasteiger partial charge on any atom is 0.0783 e. The largest absolute Gasteiger partial charge is 0.256 e. The number of rotatable bonds is 2. The molecule has 0 atom stereocenters. The van der Waals surface area contributed by atoms with Crippen molar-refractivity contribution in [1.29, 1.82) is 0 Å². The third-order valence-corrected chi connectivity index (χ3v) is 3.51. The van der Waals surface area contributed by atoms with E-state index >= 15 is 0 Å². The fraction of sp³-hybridized carbons (Fsp3) is 0.318. The maximum atomic E-state index is 4.62. The van der Waals surface area contributed by atoms with Gasteiger partial charge >= 0.3 is 0 Å². The molecule has 0 fully saturated rings. The quantitative estimate of drug-likeness (QED) is 0.493. The second-order valence-corrected chi connectivity index (χ2v) is 5.12. The molecule has 0 unspecified atom stereocenters. The van der Waals surface area contributed by atoms with Gasteiger partial charge in [0.05, 0.1) is 5.69 Å². The SMILES string of the molecule is CC.CC.CC(C)c1ccccc1-c1nccc2ccccc12. The molecule has 1 nitrogen and oxygen atoms in total. The van der Waals surface area contributed by atoms with Gasteiger partial charge in [-0.05, 0) is 22.9 Å². The van der Waals surface area contributed by atoms with E-state index in [9.17, 15) is 0 Å². The van der Waals surface area contributed by atoms with E-state index in [0.717, 1.165) is 5.69 Å². The van der Waals surface area contributed by atoms with Crippen molar-refractivity contribution in [3.05, 3.63) is 66.4 Å². The third-order valence-electron chi connectivity index (χ3n) is 3.51. The molecule has 0 saturated heterocycles. The molecule has 3 aromatic rings. The van der Waals surface area contributed by atoms with Gasteiger partial charge in [-0.25, -0.2) is 0 Å². The molecule has 0 saturated carbocycles. The van der Waals surface area contributed by atoms with E-state index in [1.165, 1.54) is 21.9 Å². The molecule has 2 aromatic carbocycles. The van der Waals surface area contributed by atoms with Crippen molar-refractivity contribution < 1.29 is 0 Å². The molecule has 1 heteroatoms. The summed E-state index contributed by atoms with van der Waals surface area (Å²) in [5.41, 5.74) is 3.68. The standard InChI is InChI=1S/C18H17N.2C2H6/c1-13(2)15-8-5-6-10-17(15)18-16-9-4-3-7-14(16)11-12-19-18;2*1-2/h3-13H,1-2H3;2*1-2H3. The Morgan fingerprint density at radius 3 is 2.04 bits per heavy atom. The van der Waals surface area contributed by atoms with E-state index in [2.05, 4.69) is 73.4 Å². The molecule has 0 bridgehead atoms. The van der Waals surface area contributed by atoms with Gasteiger partial charge in [-0.2, -0.15) is 0 Å². The van der Waals surface area contributed by atoms with Crippen LogP contribution in [-0.4, -0.2) is 4.98 Å². The summed E-state index contributed by atoms with van der Waals surface area (Å²) in [5.74, 6) is 0.497. The highest BCUT2D eigenvalue weighted by atomic mass is 14.7. The van der Waals surface area contributed by atoms with Gasteiger partial charge in [0.2, 0.25) is 0 Å². The van der Waals surface area contributed by atoms with Gasteiger partial charge in [0.1, 0.15) is 0 Å². The van der Waals surface area contributed by atoms with E-state index in [1.807, 2.05) is 33.9 Å². The lowest BCUT2D eigenvalue weighted by atomic mass is 9.93. The molecule has 0 aliphatic carbocycles. The van der Waals surface area contributed by atoms with Crippen molar-refractivity contribution in [3.8, 4) is 11.3 Å². The summed E-state index contributed by atoms with van der Waals surface area (Å²) in [7, 11) is 0. The smallest absolute Gasteiger partial charge is 0.0783 e. The van der Waals surface area contributed by atoms with Crippen LogP contribution in [0.5, 0.6) is 0 Å². The highest BCUT2D eigenvalue weighted by molar-refractivity contribution is 5.95. The van der Waals surface area contributed by atoms with Crippen LogP contribution in [0, 0.1) is 0 Å². The Hall–Kier alpha value is -2.15. The van der Waals surface area contributed by atoms with Crippen LogP contribution in [0.3, 0.4) is 0 Å². The molecular weight excluding hydrogens is 278 g/mol. The van der Waals surface area contributed by atoms with Crippen LogP contribution < -0.4 is 0 Å². The molecule has 1 aromatic heterocycles. The predicted molar refractivity (Wildman–Crippen MR) is 104 cm³/mol. The number of aromatic nitrogens is 1. The first-order chi connectivity index (χ1) is 11.3. The normalized spacial score (nSPS) is 9.70. The van der Waals surface area contributed by atoms with E-state index < -0.39 is 0 Å². The lowest BCUT2D eigenvalue weighted by Crippen LogP contribution is -1.94. The van der Waals surface area contributed by atoms with Gasteiger partial charge in [0.15, 0.2) is 0 Å². The zero-order chi connectivity index (χ0) is 17.2. The molecular formula is C22H29N. The average Bonchev–Trinajstić information content (AvgIpc) is 2.64. The Labute approximate surface area is 141 Å². The van der Waals surface area contributed by atoms with Crippen molar-refractivity contribution in [1.82, 2.24) is 4.98 Å². The summed E-state index contributed by atoms with van der Waals surface area (Å²) in [6, 6.07) is 19.1. The van der Waals surface area contributed by atoms with Gasteiger partial charge in [-0.1, -0.05) is 90.1 Å². The van der Waals surface area contributed by atoms with Crippen molar-refractivity contribution in [2.24, 2.45) is 0 Å². The van der Waals surface area contributed by atoms with Crippen LogP contribution in [0.4, 0.5) is 0 Å². The minimum Gasteiger partial charge on any atom is -0.256 e. The Bertz CT molecular complexity index is 708. The van der Waals surface area contributed by atoms with Crippen molar-refractivity contribution in [3.63, 3.8) is 0 Å². The van der Waals surface area contributed by atoms with Gasteiger partial charge in [0.25, 0.3) is 0 Å². The van der Waals surface area contributed by atoms with E-state index in [0.29, 0.717) is 5.92 Å². The summed E-state index contributed by atoms with van der Waals surface area (Å²) >= 11 is 0. The van der Waals surface area contributed by atoms with Gasteiger partial charge < -0.3 is 0 Å². The summed E-state index contributed by atoms with van der Waals surface area (Å²) in [5, 5.41) is 2.46. The Morgan fingerprint density at radius 2 is 1.35 bits per heavy atom. The molecule has 0 aliphatic rings. The van der Waals surface area contributed by atoms with Gasteiger partial charge in [-0.3, -0.25) is 4.98 Å². The lowest BCUT2D eigenvalue weighted by molar-refractivity contribution is 0.868. The van der Waals surface area contributed by atoms with Crippen LogP contribution in [0.25, 0.3) is 22.0 Å². The van der Waals surface area contributed by atoms with E-state index in [1.54, 1.807) is 0 Å². The van der Waals surface area contributed by atoms with E-state index in [4.69, 9.17) is 0 Å². The Morgan fingerprint density at radius 1 is 0.739 bits per heavy atom. The minimum absolute atomic E-state index is 0.497. The zero-order valence-electron chi connectivity index (χ0n) is 15.3. The zero-order valence-corrected chi connectivity index (χ0v) is 15.3.